The lowest BCUT2D eigenvalue weighted by molar-refractivity contribution is 0.0439. The normalized spacial score (nSPS) is 11.0. The number of esters is 2. The molecule has 0 aliphatic carbocycles. The molecule has 134 valence electrons. The highest BCUT2D eigenvalue weighted by Crippen LogP contribution is 2.19. The summed E-state index contributed by atoms with van der Waals surface area (Å²) in [6.07, 6.45) is 2.25. The zero-order chi connectivity index (χ0) is 18.1. The summed E-state index contributed by atoms with van der Waals surface area (Å²) in [6, 6.07) is 5.27. The second kappa shape index (κ2) is 10.1. The summed E-state index contributed by atoms with van der Waals surface area (Å²) < 4.78 is 10.7. The van der Waals surface area contributed by atoms with Crippen molar-refractivity contribution in [2.24, 2.45) is 11.8 Å². The van der Waals surface area contributed by atoms with Crippen LogP contribution in [0.1, 0.15) is 73.7 Å². The lowest BCUT2D eigenvalue weighted by atomic mass is 9.99. The van der Waals surface area contributed by atoms with E-state index >= 15 is 0 Å². The van der Waals surface area contributed by atoms with E-state index < -0.39 is 11.9 Å². The molecule has 0 fully saturated rings. The fraction of sp³-hybridized carbons (Fsp3) is 0.600. The number of hydrogen-bond donors (Lipinski definition) is 0. The molecule has 1 rings (SSSR count). The molecule has 1 aromatic carbocycles. The standard InChI is InChI=1S/C20H30O4/c1-6-16-8-7-9-17(19(21)23-12-10-14(2)3)18(16)20(22)24-13-11-15(4)5/h7-9,14-15H,6,10-13H2,1-5H3. The monoisotopic (exact) mass is 334 g/mol. The molecule has 0 aliphatic heterocycles. The third-order valence-electron chi connectivity index (χ3n) is 3.81. The second-order valence-corrected chi connectivity index (χ2v) is 6.83. The first-order valence-corrected chi connectivity index (χ1v) is 8.82. The summed E-state index contributed by atoms with van der Waals surface area (Å²) in [6.45, 7) is 11.0. The van der Waals surface area contributed by atoms with E-state index in [0.717, 1.165) is 18.4 Å². The molecule has 0 spiro atoms. The van der Waals surface area contributed by atoms with Crippen molar-refractivity contribution in [3.63, 3.8) is 0 Å². The minimum Gasteiger partial charge on any atom is -0.462 e. The van der Waals surface area contributed by atoms with Gasteiger partial charge in [-0.1, -0.05) is 46.8 Å². The van der Waals surface area contributed by atoms with Crippen LogP contribution in [0, 0.1) is 11.8 Å². The van der Waals surface area contributed by atoms with Crippen molar-refractivity contribution in [1.82, 2.24) is 0 Å². The van der Waals surface area contributed by atoms with Crippen LogP contribution < -0.4 is 0 Å². The number of carbonyl (C=O) groups is 2. The Morgan fingerprint density at radius 1 is 0.917 bits per heavy atom. The van der Waals surface area contributed by atoms with Gasteiger partial charge < -0.3 is 9.47 Å². The molecule has 0 unspecified atom stereocenters. The molecule has 4 heteroatoms. The Bertz CT molecular complexity index is 547. The van der Waals surface area contributed by atoms with Crippen LogP contribution >= 0.6 is 0 Å². The first-order chi connectivity index (χ1) is 11.4. The molecule has 4 nitrogen and oxygen atoms in total. The number of aryl methyl sites for hydroxylation is 1. The van der Waals surface area contributed by atoms with E-state index in [1.165, 1.54) is 0 Å². The summed E-state index contributed by atoms with van der Waals surface area (Å²) in [5, 5.41) is 0. The van der Waals surface area contributed by atoms with Crippen LogP contribution in [0.3, 0.4) is 0 Å². The lowest BCUT2D eigenvalue weighted by Crippen LogP contribution is -2.18. The van der Waals surface area contributed by atoms with Crippen LogP contribution in [-0.2, 0) is 15.9 Å². The number of ether oxygens (including phenoxy) is 2. The fourth-order valence-corrected chi connectivity index (χ4v) is 2.23. The van der Waals surface area contributed by atoms with E-state index in [2.05, 4.69) is 27.7 Å². The minimum absolute atomic E-state index is 0.299. The van der Waals surface area contributed by atoms with Crippen molar-refractivity contribution < 1.29 is 19.1 Å². The Balaban J connectivity index is 2.91. The van der Waals surface area contributed by atoms with Gasteiger partial charge in [0.05, 0.1) is 24.3 Å². The fourth-order valence-electron chi connectivity index (χ4n) is 2.23. The Hall–Kier alpha value is -1.84. The summed E-state index contributed by atoms with van der Waals surface area (Å²) in [7, 11) is 0. The van der Waals surface area contributed by atoms with Crippen LogP contribution in [0.25, 0.3) is 0 Å². The van der Waals surface area contributed by atoms with Crippen LogP contribution in [0.15, 0.2) is 18.2 Å². The highest BCUT2D eigenvalue weighted by atomic mass is 16.5. The molecule has 1 aromatic rings. The Morgan fingerprint density at radius 2 is 1.46 bits per heavy atom. The summed E-state index contributed by atoms with van der Waals surface area (Å²) in [5.74, 6) is 0.0191. The molecule has 0 bridgehead atoms. The third kappa shape index (κ3) is 6.34. The topological polar surface area (TPSA) is 52.6 Å². The van der Waals surface area contributed by atoms with Crippen LogP contribution in [0.5, 0.6) is 0 Å². The predicted molar refractivity (Wildman–Crippen MR) is 95.3 cm³/mol. The molecule has 0 amide bonds. The third-order valence-corrected chi connectivity index (χ3v) is 3.81. The number of hydrogen-bond acceptors (Lipinski definition) is 4. The van der Waals surface area contributed by atoms with Gasteiger partial charge in [-0.15, -0.1) is 0 Å². The van der Waals surface area contributed by atoms with E-state index in [-0.39, 0.29) is 0 Å². The smallest absolute Gasteiger partial charge is 0.339 e. The molecular weight excluding hydrogens is 304 g/mol. The average molecular weight is 334 g/mol. The molecule has 24 heavy (non-hydrogen) atoms. The number of rotatable bonds is 9. The largest absolute Gasteiger partial charge is 0.462 e. The highest BCUT2D eigenvalue weighted by Gasteiger charge is 2.22. The Labute approximate surface area is 145 Å². The van der Waals surface area contributed by atoms with Gasteiger partial charge >= 0.3 is 11.9 Å². The van der Waals surface area contributed by atoms with Gasteiger partial charge in [-0.05, 0) is 42.7 Å². The van der Waals surface area contributed by atoms with Gasteiger partial charge in [0.2, 0.25) is 0 Å². The first kappa shape index (κ1) is 20.2. The van der Waals surface area contributed by atoms with E-state index in [1.54, 1.807) is 12.1 Å². The number of carbonyl (C=O) groups excluding carboxylic acids is 2. The van der Waals surface area contributed by atoms with Gasteiger partial charge in [0, 0.05) is 0 Å². The van der Waals surface area contributed by atoms with Crippen molar-refractivity contribution in [3.8, 4) is 0 Å². The highest BCUT2D eigenvalue weighted by molar-refractivity contribution is 6.04. The number of benzene rings is 1. The Morgan fingerprint density at radius 3 is 1.96 bits per heavy atom. The average Bonchev–Trinajstić information content (AvgIpc) is 2.53. The first-order valence-electron chi connectivity index (χ1n) is 8.82. The zero-order valence-electron chi connectivity index (χ0n) is 15.6. The van der Waals surface area contributed by atoms with Gasteiger partial charge in [0.1, 0.15) is 0 Å². The molecule has 0 heterocycles. The van der Waals surface area contributed by atoms with Gasteiger partial charge in [-0.3, -0.25) is 0 Å². The molecule has 0 saturated carbocycles. The van der Waals surface area contributed by atoms with Gasteiger partial charge in [0.15, 0.2) is 0 Å². The SMILES string of the molecule is CCc1cccc(C(=O)OCCC(C)C)c1C(=O)OCCC(C)C. The minimum atomic E-state index is -0.457. The van der Waals surface area contributed by atoms with Gasteiger partial charge in [-0.25, -0.2) is 9.59 Å². The zero-order valence-corrected chi connectivity index (χ0v) is 15.6. The van der Waals surface area contributed by atoms with Crippen molar-refractivity contribution in [3.05, 3.63) is 34.9 Å². The van der Waals surface area contributed by atoms with Crippen molar-refractivity contribution in [2.45, 2.75) is 53.9 Å². The van der Waals surface area contributed by atoms with Crippen molar-refractivity contribution in [1.29, 1.82) is 0 Å². The predicted octanol–water partition coefficient (Wildman–Crippen LogP) is 4.65. The van der Waals surface area contributed by atoms with E-state index in [1.807, 2.05) is 13.0 Å². The quantitative estimate of drug-likeness (QED) is 0.617. The maximum atomic E-state index is 12.5. The molecule has 0 N–H and O–H groups in total. The molecule has 0 saturated heterocycles. The maximum Gasteiger partial charge on any atom is 0.339 e. The van der Waals surface area contributed by atoms with E-state index in [0.29, 0.717) is 42.6 Å². The Kier molecular flexibility index (Phi) is 8.51. The maximum absolute atomic E-state index is 12.5. The summed E-state index contributed by atoms with van der Waals surface area (Å²) in [5.41, 5.74) is 1.45. The van der Waals surface area contributed by atoms with Crippen LogP contribution in [0.2, 0.25) is 0 Å². The van der Waals surface area contributed by atoms with Crippen molar-refractivity contribution in [2.75, 3.05) is 13.2 Å². The lowest BCUT2D eigenvalue weighted by Gasteiger charge is -2.14. The van der Waals surface area contributed by atoms with Crippen LogP contribution in [0.4, 0.5) is 0 Å². The van der Waals surface area contributed by atoms with E-state index in [9.17, 15) is 9.59 Å². The summed E-state index contributed by atoms with van der Waals surface area (Å²) >= 11 is 0. The van der Waals surface area contributed by atoms with Gasteiger partial charge in [0.25, 0.3) is 0 Å². The molecule has 0 aromatic heterocycles. The second-order valence-electron chi connectivity index (χ2n) is 6.83. The van der Waals surface area contributed by atoms with E-state index in [4.69, 9.17) is 9.47 Å². The molecular formula is C20H30O4. The van der Waals surface area contributed by atoms with Crippen molar-refractivity contribution >= 4 is 11.9 Å². The van der Waals surface area contributed by atoms with Crippen LogP contribution in [-0.4, -0.2) is 25.2 Å². The molecule has 0 radical (unpaired) electrons. The van der Waals surface area contributed by atoms with Gasteiger partial charge in [-0.2, -0.15) is 0 Å². The molecule has 0 atom stereocenters. The molecule has 0 aliphatic rings. The summed E-state index contributed by atoms with van der Waals surface area (Å²) in [4.78, 5) is 24.9.